The van der Waals surface area contributed by atoms with Crippen molar-refractivity contribution in [1.29, 1.82) is 0 Å². The fourth-order valence-corrected chi connectivity index (χ4v) is 3.99. The first-order chi connectivity index (χ1) is 9.07. The Morgan fingerprint density at radius 2 is 2.11 bits per heavy atom. The van der Waals surface area contributed by atoms with Gasteiger partial charge in [-0.15, -0.1) is 11.8 Å². The monoisotopic (exact) mass is 296 g/mol. The van der Waals surface area contributed by atoms with E-state index in [-0.39, 0.29) is 0 Å². The lowest BCUT2D eigenvalue weighted by Crippen LogP contribution is -2.00. The minimum Gasteiger partial charge on any atom is -0.337 e. The van der Waals surface area contributed by atoms with Crippen LogP contribution in [0.3, 0.4) is 0 Å². The van der Waals surface area contributed by atoms with Crippen LogP contribution in [0.4, 0.5) is 0 Å². The van der Waals surface area contributed by atoms with Crippen LogP contribution in [0.2, 0.25) is 0 Å². The van der Waals surface area contributed by atoms with Crippen LogP contribution in [-0.4, -0.2) is 30.0 Å². The molecule has 0 spiro atoms. The summed E-state index contributed by atoms with van der Waals surface area (Å²) < 4.78 is 25.3. The molecule has 1 heterocycles. The SMILES string of the molecule is CS(=O)(=O)c1ccccc1SCCCn1ccnc1. The zero-order valence-corrected chi connectivity index (χ0v) is 12.3. The van der Waals surface area contributed by atoms with E-state index < -0.39 is 9.84 Å². The van der Waals surface area contributed by atoms with Crippen molar-refractivity contribution >= 4 is 21.6 Å². The van der Waals surface area contributed by atoms with E-state index in [9.17, 15) is 8.42 Å². The van der Waals surface area contributed by atoms with E-state index in [0.29, 0.717) is 4.90 Å². The predicted octanol–water partition coefficient (Wildman–Crippen LogP) is 2.47. The lowest BCUT2D eigenvalue weighted by Gasteiger charge is -2.07. The van der Waals surface area contributed by atoms with Crippen LogP contribution >= 0.6 is 11.8 Å². The van der Waals surface area contributed by atoms with Crippen LogP contribution in [0.5, 0.6) is 0 Å². The smallest absolute Gasteiger partial charge is 0.176 e. The highest BCUT2D eigenvalue weighted by Gasteiger charge is 2.12. The van der Waals surface area contributed by atoms with Gasteiger partial charge in [0.1, 0.15) is 0 Å². The Morgan fingerprint density at radius 1 is 1.32 bits per heavy atom. The minimum absolute atomic E-state index is 0.419. The third kappa shape index (κ3) is 4.11. The summed E-state index contributed by atoms with van der Waals surface area (Å²) in [6.45, 7) is 0.897. The van der Waals surface area contributed by atoms with Gasteiger partial charge in [0.15, 0.2) is 9.84 Å². The van der Waals surface area contributed by atoms with Gasteiger partial charge in [0.25, 0.3) is 0 Å². The van der Waals surface area contributed by atoms with E-state index in [0.717, 1.165) is 23.6 Å². The fraction of sp³-hybridized carbons (Fsp3) is 0.308. The molecule has 0 atom stereocenters. The topological polar surface area (TPSA) is 52.0 Å². The molecule has 0 aliphatic carbocycles. The van der Waals surface area contributed by atoms with Gasteiger partial charge in [-0.2, -0.15) is 0 Å². The number of hydrogen-bond donors (Lipinski definition) is 0. The molecule has 19 heavy (non-hydrogen) atoms. The summed E-state index contributed by atoms with van der Waals surface area (Å²) in [5.74, 6) is 0.880. The molecule has 0 radical (unpaired) electrons. The van der Waals surface area contributed by atoms with Gasteiger partial charge in [-0.25, -0.2) is 13.4 Å². The third-order valence-corrected chi connectivity index (χ3v) is 5.07. The maximum Gasteiger partial charge on any atom is 0.176 e. The second-order valence-corrected chi connectivity index (χ2v) is 7.34. The molecule has 1 aromatic heterocycles. The second kappa shape index (κ2) is 6.25. The van der Waals surface area contributed by atoms with Gasteiger partial charge >= 0.3 is 0 Å². The Morgan fingerprint density at radius 3 is 2.79 bits per heavy atom. The van der Waals surface area contributed by atoms with Crippen molar-refractivity contribution in [3.8, 4) is 0 Å². The van der Waals surface area contributed by atoms with Crippen LogP contribution in [0.25, 0.3) is 0 Å². The molecular weight excluding hydrogens is 280 g/mol. The Balaban J connectivity index is 1.93. The van der Waals surface area contributed by atoms with Crippen molar-refractivity contribution in [2.45, 2.75) is 22.8 Å². The van der Waals surface area contributed by atoms with Crippen molar-refractivity contribution in [1.82, 2.24) is 9.55 Å². The molecule has 0 saturated heterocycles. The van der Waals surface area contributed by atoms with Crippen molar-refractivity contribution in [3.63, 3.8) is 0 Å². The van der Waals surface area contributed by atoms with Gasteiger partial charge in [-0.05, 0) is 24.3 Å². The van der Waals surface area contributed by atoms with E-state index in [1.54, 1.807) is 36.4 Å². The summed E-state index contributed by atoms with van der Waals surface area (Å²) in [6, 6.07) is 7.14. The summed E-state index contributed by atoms with van der Waals surface area (Å²) in [4.78, 5) is 5.23. The molecule has 0 unspecified atom stereocenters. The van der Waals surface area contributed by atoms with E-state index in [1.165, 1.54) is 6.26 Å². The normalized spacial score (nSPS) is 11.6. The van der Waals surface area contributed by atoms with Crippen LogP contribution in [0, 0.1) is 0 Å². The number of aryl methyl sites for hydroxylation is 1. The molecule has 6 heteroatoms. The first-order valence-electron chi connectivity index (χ1n) is 5.95. The van der Waals surface area contributed by atoms with E-state index >= 15 is 0 Å². The molecule has 0 N–H and O–H groups in total. The van der Waals surface area contributed by atoms with Crippen molar-refractivity contribution in [3.05, 3.63) is 43.0 Å². The average Bonchev–Trinajstić information content (AvgIpc) is 2.87. The third-order valence-electron chi connectivity index (χ3n) is 2.63. The zero-order chi connectivity index (χ0) is 13.7. The molecule has 0 bridgehead atoms. The molecule has 4 nitrogen and oxygen atoms in total. The molecule has 2 rings (SSSR count). The van der Waals surface area contributed by atoms with Crippen LogP contribution in [-0.2, 0) is 16.4 Å². The lowest BCUT2D eigenvalue weighted by atomic mass is 10.4. The number of rotatable bonds is 6. The number of thioether (sulfide) groups is 1. The van der Waals surface area contributed by atoms with E-state index in [1.807, 2.05) is 22.9 Å². The summed E-state index contributed by atoms with van der Waals surface area (Å²) in [5.41, 5.74) is 0. The quantitative estimate of drug-likeness (QED) is 0.607. The number of imidazole rings is 1. The van der Waals surface area contributed by atoms with Gasteiger partial charge in [0.2, 0.25) is 0 Å². The highest BCUT2D eigenvalue weighted by Crippen LogP contribution is 2.26. The maximum atomic E-state index is 11.6. The number of aromatic nitrogens is 2. The Labute approximate surface area is 117 Å². The van der Waals surface area contributed by atoms with E-state index in [2.05, 4.69) is 4.98 Å². The highest BCUT2D eigenvalue weighted by molar-refractivity contribution is 8.00. The van der Waals surface area contributed by atoms with Crippen molar-refractivity contribution in [2.24, 2.45) is 0 Å². The molecule has 0 saturated carbocycles. The molecule has 102 valence electrons. The first kappa shape index (κ1) is 14.1. The largest absolute Gasteiger partial charge is 0.337 e. The second-order valence-electron chi connectivity index (χ2n) is 4.22. The standard InChI is InChI=1S/C13H16N2O2S2/c1-19(16,17)13-6-3-2-5-12(13)18-10-4-8-15-9-7-14-11-15/h2-3,5-7,9,11H,4,8,10H2,1H3. The van der Waals surface area contributed by atoms with E-state index in [4.69, 9.17) is 0 Å². The summed E-state index contributed by atoms with van der Waals surface area (Å²) in [6.07, 6.45) is 7.69. The van der Waals surface area contributed by atoms with Gasteiger partial charge in [-0.3, -0.25) is 0 Å². The number of hydrogen-bond acceptors (Lipinski definition) is 4. The molecule has 0 aliphatic heterocycles. The summed E-state index contributed by atoms with van der Waals surface area (Å²) in [5, 5.41) is 0. The summed E-state index contributed by atoms with van der Waals surface area (Å²) >= 11 is 1.58. The van der Waals surface area contributed by atoms with Gasteiger partial charge in [0.05, 0.1) is 11.2 Å². The zero-order valence-electron chi connectivity index (χ0n) is 10.7. The Bertz CT molecular complexity index is 622. The molecule has 0 amide bonds. The van der Waals surface area contributed by atoms with Crippen molar-refractivity contribution < 1.29 is 8.42 Å². The van der Waals surface area contributed by atoms with Crippen LogP contribution in [0.1, 0.15) is 6.42 Å². The van der Waals surface area contributed by atoms with Gasteiger partial charge < -0.3 is 4.57 Å². The number of benzene rings is 1. The Kier molecular flexibility index (Phi) is 4.66. The fourth-order valence-electron chi connectivity index (χ4n) is 1.72. The predicted molar refractivity (Wildman–Crippen MR) is 77.1 cm³/mol. The molecule has 1 aromatic carbocycles. The Hall–Kier alpha value is -1.27. The first-order valence-corrected chi connectivity index (χ1v) is 8.83. The number of sulfone groups is 1. The van der Waals surface area contributed by atoms with Crippen LogP contribution < -0.4 is 0 Å². The molecule has 0 aliphatic rings. The summed E-state index contributed by atoms with van der Waals surface area (Å²) in [7, 11) is -3.15. The van der Waals surface area contributed by atoms with Crippen molar-refractivity contribution in [2.75, 3.05) is 12.0 Å². The van der Waals surface area contributed by atoms with Crippen LogP contribution in [0.15, 0.2) is 52.8 Å². The minimum atomic E-state index is -3.15. The molecule has 2 aromatic rings. The molecule has 0 fully saturated rings. The maximum absolute atomic E-state index is 11.6. The highest BCUT2D eigenvalue weighted by atomic mass is 32.2. The number of nitrogens with zero attached hydrogens (tertiary/aromatic N) is 2. The molecular formula is C13H16N2O2S2. The van der Waals surface area contributed by atoms with Gasteiger partial charge in [-0.1, -0.05) is 12.1 Å². The lowest BCUT2D eigenvalue weighted by molar-refractivity contribution is 0.600. The van der Waals surface area contributed by atoms with Gasteiger partial charge in [0, 0.05) is 30.1 Å². The average molecular weight is 296 g/mol.